The van der Waals surface area contributed by atoms with Crippen molar-refractivity contribution in [1.29, 1.82) is 0 Å². The summed E-state index contributed by atoms with van der Waals surface area (Å²) in [5.74, 6) is 2.55. The standard InChI is InChI=1S/C15H23N5S/c1-5-7-16-12-10-13(19-11(6-2)18-12)20-15(3,4)14-17-8-9-21-14/h8-10H,5-7H2,1-4H3,(H2,16,18,19,20). The molecule has 0 aliphatic heterocycles. The van der Waals surface area contributed by atoms with E-state index >= 15 is 0 Å². The van der Waals surface area contributed by atoms with Crippen LogP contribution in [0.5, 0.6) is 0 Å². The summed E-state index contributed by atoms with van der Waals surface area (Å²) in [5.41, 5.74) is -0.254. The van der Waals surface area contributed by atoms with Crippen molar-refractivity contribution in [3.05, 3.63) is 28.5 Å². The molecule has 0 aromatic carbocycles. The Labute approximate surface area is 130 Å². The van der Waals surface area contributed by atoms with Crippen molar-refractivity contribution >= 4 is 23.0 Å². The van der Waals surface area contributed by atoms with E-state index < -0.39 is 0 Å². The van der Waals surface area contributed by atoms with E-state index in [4.69, 9.17) is 0 Å². The largest absolute Gasteiger partial charge is 0.370 e. The second-order valence-corrected chi connectivity index (χ2v) is 6.32. The van der Waals surface area contributed by atoms with Crippen LogP contribution in [0.1, 0.15) is 44.9 Å². The van der Waals surface area contributed by atoms with Crippen molar-refractivity contribution in [1.82, 2.24) is 15.0 Å². The maximum atomic E-state index is 4.57. The maximum absolute atomic E-state index is 4.57. The third-order valence-corrected chi connectivity index (χ3v) is 4.15. The highest BCUT2D eigenvalue weighted by Crippen LogP contribution is 2.27. The van der Waals surface area contributed by atoms with Crippen molar-refractivity contribution in [2.75, 3.05) is 17.2 Å². The number of thiazole rings is 1. The van der Waals surface area contributed by atoms with Crippen LogP contribution < -0.4 is 10.6 Å². The first-order chi connectivity index (χ1) is 10.0. The fourth-order valence-corrected chi connectivity index (χ4v) is 2.69. The Morgan fingerprint density at radius 2 is 1.95 bits per heavy atom. The third kappa shape index (κ3) is 4.14. The number of hydrogen-bond donors (Lipinski definition) is 2. The molecule has 0 radical (unpaired) electrons. The van der Waals surface area contributed by atoms with Crippen molar-refractivity contribution < 1.29 is 0 Å². The van der Waals surface area contributed by atoms with Crippen LogP contribution in [0.15, 0.2) is 17.6 Å². The zero-order valence-electron chi connectivity index (χ0n) is 13.1. The second-order valence-electron chi connectivity index (χ2n) is 5.42. The highest BCUT2D eigenvalue weighted by atomic mass is 32.1. The summed E-state index contributed by atoms with van der Waals surface area (Å²) in [4.78, 5) is 13.5. The molecule has 114 valence electrons. The van der Waals surface area contributed by atoms with Crippen LogP contribution in [-0.2, 0) is 12.0 Å². The lowest BCUT2D eigenvalue weighted by molar-refractivity contribution is 0.600. The van der Waals surface area contributed by atoms with Crippen LogP contribution in [0.2, 0.25) is 0 Å². The van der Waals surface area contributed by atoms with Gasteiger partial charge in [0.15, 0.2) is 0 Å². The lowest BCUT2D eigenvalue weighted by atomic mass is 10.1. The van der Waals surface area contributed by atoms with Gasteiger partial charge in [-0.25, -0.2) is 15.0 Å². The lowest BCUT2D eigenvalue weighted by Crippen LogP contribution is -2.28. The van der Waals surface area contributed by atoms with E-state index in [1.165, 1.54) is 0 Å². The first kappa shape index (κ1) is 15.7. The van der Waals surface area contributed by atoms with E-state index in [0.717, 1.165) is 41.9 Å². The van der Waals surface area contributed by atoms with Crippen molar-refractivity contribution in [2.45, 2.75) is 46.1 Å². The van der Waals surface area contributed by atoms with Crippen LogP contribution in [-0.4, -0.2) is 21.5 Å². The van der Waals surface area contributed by atoms with Crippen LogP contribution in [0.25, 0.3) is 0 Å². The number of rotatable bonds is 7. The summed E-state index contributed by atoms with van der Waals surface area (Å²) < 4.78 is 0. The third-order valence-electron chi connectivity index (χ3n) is 3.05. The average molecular weight is 305 g/mol. The van der Waals surface area contributed by atoms with Gasteiger partial charge in [-0.05, 0) is 20.3 Å². The molecular weight excluding hydrogens is 282 g/mol. The molecule has 5 nitrogen and oxygen atoms in total. The molecule has 0 aliphatic carbocycles. The number of nitrogens with zero attached hydrogens (tertiary/aromatic N) is 3. The monoisotopic (exact) mass is 305 g/mol. The van der Waals surface area contributed by atoms with Gasteiger partial charge in [0.25, 0.3) is 0 Å². The number of aryl methyl sites for hydroxylation is 1. The molecule has 21 heavy (non-hydrogen) atoms. The molecule has 0 amide bonds. The summed E-state index contributed by atoms with van der Waals surface area (Å²) in [5, 5.41) is 9.83. The Morgan fingerprint density at radius 1 is 1.19 bits per heavy atom. The van der Waals surface area contributed by atoms with E-state index in [2.05, 4.69) is 53.3 Å². The normalized spacial score (nSPS) is 11.4. The molecule has 0 aliphatic rings. The van der Waals surface area contributed by atoms with E-state index in [9.17, 15) is 0 Å². The summed E-state index contributed by atoms with van der Waals surface area (Å²) in [6.07, 6.45) is 3.71. The summed E-state index contributed by atoms with van der Waals surface area (Å²) in [6, 6.07) is 1.96. The minimum absolute atomic E-state index is 0.254. The van der Waals surface area contributed by atoms with Crippen molar-refractivity contribution in [2.24, 2.45) is 0 Å². The maximum Gasteiger partial charge on any atom is 0.132 e. The highest BCUT2D eigenvalue weighted by molar-refractivity contribution is 7.09. The Kier molecular flexibility index (Phi) is 5.12. The number of nitrogens with one attached hydrogen (secondary N) is 2. The Morgan fingerprint density at radius 3 is 2.57 bits per heavy atom. The summed E-state index contributed by atoms with van der Waals surface area (Å²) in [6.45, 7) is 9.33. The Bertz CT molecular complexity index is 565. The van der Waals surface area contributed by atoms with Gasteiger partial charge in [-0.15, -0.1) is 11.3 Å². The number of hydrogen-bond acceptors (Lipinski definition) is 6. The molecule has 0 spiro atoms. The molecule has 2 rings (SSSR count). The fourth-order valence-electron chi connectivity index (χ4n) is 1.97. The highest BCUT2D eigenvalue weighted by Gasteiger charge is 2.23. The Hall–Kier alpha value is -1.69. The Balaban J connectivity index is 2.22. The first-order valence-corrected chi connectivity index (χ1v) is 8.23. The molecule has 6 heteroatoms. The molecule has 0 atom stereocenters. The van der Waals surface area contributed by atoms with Crippen LogP contribution in [0.4, 0.5) is 11.6 Å². The zero-order valence-corrected chi connectivity index (χ0v) is 13.9. The van der Waals surface area contributed by atoms with Crippen LogP contribution in [0.3, 0.4) is 0 Å². The predicted molar refractivity (Wildman–Crippen MR) is 89.0 cm³/mol. The summed E-state index contributed by atoms with van der Waals surface area (Å²) in [7, 11) is 0. The quantitative estimate of drug-likeness (QED) is 0.817. The molecular formula is C15H23N5S. The number of anilines is 2. The molecule has 0 fully saturated rings. The SMILES string of the molecule is CCCNc1cc(NC(C)(C)c2nccs2)nc(CC)n1. The minimum Gasteiger partial charge on any atom is -0.370 e. The van der Waals surface area contributed by atoms with Gasteiger partial charge in [-0.3, -0.25) is 0 Å². The molecule has 2 aromatic rings. The van der Waals surface area contributed by atoms with E-state index in [-0.39, 0.29) is 5.54 Å². The van der Waals surface area contributed by atoms with E-state index in [1.54, 1.807) is 11.3 Å². The molecule has 2 aromatic heterocycles. The van der Waals surface area contributed by atoms with Gasteiger partial charge in [0, 0.05) is 30.6 Å². The zero-order chi connectivity index (χ0) is 15.3. The molecule has 2 heterocycles. The minimum atomic E-state index is -0.254. The lowest BCUT2D eigenvalue weighted by Gasteiger charge is -2.25. The molecule has 0 saturated carbocycles. The first-order valence-electron chi connectivity index (χ1n) is 7.35. The van der Waals surface area contributed by atoms with Gasteiger partial charge < -0.3 is 10.6 Å². The fraction of sp³-hybridized carbons (Fsp3) is 0.533. The summed E-state index contributed by atoms with van der Waals surface area (Å²) >= 11 is 1.64. The predicted octanol–water partition coefficient (Wildman–Crippen LogP) is 3.66. The second kappa shape index (κ2) is 6.85. The van der Waals surface area contributed by atoms with Gasteiger partial charge >= 0.3 is 0 Å². The molecule has 0 unspecified atom stereocenters. The molecule has 0 bridgehead atoms. The van der Waals surface area contributed by atoms with E-state index in [0.29, 0.717) is 0 Å². The van der Waals surface area contributed by atoms with Gasteiger partial charge in [0.2, 0.25) is 0 Å². The van der Waals surface area contributed by atoms with Crippen LogP contribution in [0, 0.1) is 0 Å². The van der Waals surface area contributed by atoms with Crippen LogP contribution >= 0.6 is 11.3 Å². The van der Waals surface area contributed by atoms with Gasteiger partial charge in [-0.1, -0.05) is 13.8 Å². The van der Waals surface area contributed by atoms with Gasteiger partial charge in [0.1, 0.15) is 22.5 Å². The smallest absolute Gasteiger partial charge is 0.132 e. The van der Waals surface area contributed by atoms with Gasteiger partial charge in [0.05, 0.1) is 5.54 Å². The molecule has 0 saturated heterocycles. The number of aromatic nitrogens is 3. The molecule has 2 N–H and O–H groups in total. The van der Waals surface area contributed by atoms with Crippen molar-refractivity contribution in [3.8, 4) is 0 Å². The topological polar surface area (TPSA) is 62.7 Å². The van der Waals surface area contributed by atoms with Crippen molar-refractivity contribution in [3.63, 3.8) is 0 Å². The van der Waals surface area contributed by atoms with E-state index in [1.807, 2.05) is 17.6 Å². The average Bonchev–Trinajstić information content (AvgIpc) is 2.99. The van der Waals surface area contributed by atoms with Gasteiger partial charge in [-0.2, -0.15) is 0 Å².